The summed E-state index contributed by atoms with van der Waals surface area (Å²) in [7, 11) is 1.40. The van der Waals surface area contributed by atoms with Crippen LogP contribution < -0.4 is 15.1 Å². The van der Waals surface area contributed by atoms with Crippen molar-refractivity contribution in [3.8, 4) is 11.5 Å². The predicted octanol–water partition coefficient (Wildman–Crippen LogP) is 4.71. The predicted molar refractivity (Wildman–Crippen MR) is 162 cm³/mol. The van der Waals surface area contributed by atoms with Crippen molar-refractivity contribution in [2.45, 2.75) is 110 Å². The van der Waals surface area contributed by atoms with Crippen LogP contribution in [-0.4, -0.2) is 53.9 Å². The summed E-state index contributed by atoms with van der Waals surface area (Å²) < 4.78 is 41.9. The fraction of sp³-hybridized carbons (Fsp3) is 0.629. The van der Waals surface area contributed by atoms with Crippen LogP contribution in [0, 0.1) is 21.7 Å². The summed E-state index contributed by atoms with van der Waals surface area (Å²) in [6.45, 7) is 14.1. The minimum Gasteiger partial charge on any atom is -0.496 e. The van der Waals surface area contributed by atoms with E-state index in [2.05, 4.69) is 0 Å². The minimum atomic E-state index is -1.62. The minimum absolute atomic E-state index is 0.0110. The van der Waals surface area contributed by atoms with Gasteiger partial charge in [0.2, 0.25) is 11.2 Å². The molecule has 12 heteroatoms. The molecule has 0 radical (unpaired) electrons. The van der Waals surface area contributed by atoms with Gasteiger partial charge in [0.15, 0.2) is 17.8 Å². The molecule has 252 valence electrons. The number of esters is 4. The molecule has 1 aromatic carbocycles. The van der Waals surface area contributed by atoms with E-state index in [1.165, 1.54) is 13.2 Å². The van der Waals surface area contributed by atoms with Crippen molar-refractivity contribution in [3.05, 3.63) is 34.2 Å². The number of methoxy groups -OCH3 is 1. The number of benzene rings is 1. The van der Waals surface area contributed by atoms with E-state index in [-0.39, 0.29) is 35.5 Å². The lowest BCUT2D eigenvalue weighted by atomic mass is 9.66. The van der Waals surface area contributed by atoms with E-state index in [1.54, 1.807) is 53.7 Å². The molecule has 12 nitrogen and oxygen atoms in total. The summed E-state index contributed by atoms with van der Waals surface area (Å²) in [4.78, 5) is 67.7. The van der Waals surface area contributed by atoms with Gasteiger partial charge in [-0.25, -0.2) is 14.4 Å². The van der Waals surface area contributed by atoms with Gasteiger partial charge < -0.3 is 32.8 Å². The van der Waals surface area contributed by atoms with Crippen LogP contribution in [0.3, 0.4) is 0 Å². The SMILES string of the molecule is COc1cc(=O)oc2c3c(ccc12)OC(C)(C)[C@H](OC(=O)C12CCC(C)(C(=O)O1)C2(C)C)[C@@H]3OC(=O)C12CCC(C)(C(=O)O1)C2(C)C. The van der Waals surface area contributed by atoms with Crippen molar-refractivity contribution >= 4 is 34.8 Å². The highest BCUT2D eigenvalue weighted by molar-refractivity contribution is 5.95. The highest BCUT2D eigenvalue weighted by Gasteiger charge is 2.78. The fourth-order valence-corrected chi connectivity index (χ4v) is 8.73. The Hall–Kier alpha value is -4.09. The Kier molecular flexibility index (Phi) is 6.08. The number of fused-ring (bicyclic) bond motifs is 7. The molecule has 4 unspecified atom stereocenters. The van der Waals surface area contributed by atoms with E-state index in [0.717, 1.165) is 0 Å². The molecule has 3 aliphatic heterocycles. The second-order valence-corrected chi connectivity index (χ2v) is 15.7. The molecule has 5 aliphatic rings. The molecule has 0 amide bonds. The average Bonchev–Trinajstić information content (AvgIpc) is 3.45. The lowest BCUT2D eigenvalue weighted by molar-refractivity contribution is -0.217. The van der Waals surface area contributed by atoms with E-state index >= 15 is 0 Å². The van der Waals surface area contributed by atoms with Gasteiger partial charge in [-0.05, 0) is 65.5 Å². The van der Waals surface area contributed by atoms with Crippen LogP contribution in [0.4, 0.5) is 0 Å². The molecule has 2 saturated heterocycles. The Morgan fingerprint density at radius 2 is 1.28 bits per heavy atom. The van der Waals surface area contributed by atoms with Crippen LogP contribution >= 0.6 is 0 Å². The molecule has 0 N–H and O–H groups in total. The first kappa shape index (κ1) is 31.5. The number of hydrogen-bond acceptors (Lipinski definition) is 12. The summed E-state index contributed by atoms with van der Waals surface area (Å²) in [5, 5.41) is 0.385. The van der Waals surface area contributed by atoms with Gasteiger partial charge >= 0.3 is 29.5 Å². The van der Waals surface area contributed by atoms with Gasteiger partial charge in [-0.1, -0.05) is 27.7 Å². The molecule has 4 heterocycles. The van der Waals surface area contributed by atoms with E-state index in [1.807, 2.05) is 13.8 Å². The Labute approximate surface area is 271 Å². The van der Waals surface area contributed by atoms with E-state index < -0.39 is 80.2 Å². The number of ether oxygens (including phenoxy) is 6. The second kappa shape index (κ2) is 9.08. The molecule has 47 heavy (non-hydrogen) atoms. The van der Waals surface area contributed by atoms with Gasteiger partial charge in [-0.3, -0.25) is 9.59 Å². The highest BCUT2D eigenvalue weighted by atomic mass is 16.7. The van der Waals surface area contributed by atoms with Crippen LogP contribution in [0.15, 0.2) is 27.4 Å². The zero-order valence-corrected chi connectivity index (χ0v) is 28.1. The number of carbonyl (C=O) groups excluding carboxylic acids is 4. The van der Waals surface area contributed by atoms with Crippen molar-refractivity contribution in [2.75, 3.05) is 7.11 Å². The van der Waals surface area contributed by atoms with Crippen LogP contribution in [0.1, 0.15) is 92.7 Å². The fourth-order valence-electron chi connectivity index (χ4n) is 8.73. The zero-order valence-electron chi connectivity index (χ0n) is 28.1. The van der Waals surface area contributed by atoms with Crippen molar-refractivity contribution in [1.29, 1.82) is 0 Å². The summed E-state index contributed by atoms with van der Waals surface area (Å²) in [6, 6.07) is 4.47. The molecule has 2 aromatic rings. The van der Waals surface area contributed by atoms with E-state index in [4.69, 9.17) is 32.8 Å². The Bertz CT molecular complexity index is 1850. The number of carbonyl (C=O) groups is 4. The summed E-state index contributed by atoms with van der Waals surface area (Å²) in [5.74, 6) is -2.17. The maximum absolute atomic E-state index is 14.5. The van der Waals surface area contributed by atoms with Crippen LogP contribution in [0.5, 0.6) is 11.5 Å². The van der Waals surface area contributed by atoms with Gasteiger partial charge in [0.05, 0.1) is 35.0 Å². The maximum atomic E-state index is 14.5. The normalized spacial score (nSPS) is 36.7. The van der Waals surface area contributed by atoms with Crippen molar-refractivity contribution in [2.24, 2.45) is 21.7 Å². The third-order valence-corrected chi connectivity index (χ3v) is 13.0. The maximum Gasteiger partial charge on any atom is 0.351 e. The Morgan fingerprint density at radius 3 is 1.74 bits per heavy atom. The van der Waals surface area contributed by atoms with Gasteiger partial charge in [0.1, 0.15) is 17.1 Å². The third kappa shape index (κ3) is 3.51. The molecule has 4 fully saturated rings. The van der Waals surface area contributed by atoms with Crippen LogP contribution in [-0.2, 0) is 38.1 Å². The molecule has 0 spiro atoms. The third-order valence-electron chi connectivity index (χ3n) is 13.0. The van der Waals surface area contributed by atoms with Gasteiger partial charge in [0.25, 0.3) is 0 Å². The summed E-state index contributed by atoms with van der Waals surface area (Å²) in [6.07, 6.45) is -1.43. The standard InChI is InChI=1S/C35H40O12/c1-29(2)24(44-28(40)35-15-13-33(8,26(38)47-35)31(35,5)6)23(43-27(39)34-14-12-32(7,25(37)46-34)30(34,3)4)21-18(45-29)11-10-17-19(41-9)16-20(36)42-22(17)21/h10-11,16,23-24H,12-15H2,1-9H3/t23-,24-,32?,33?,34?,35?/m1/s1. The van der Waals surface area contributed by atoms with E-state index in [0.29, 0.717) is 18.2 Å². The Morgan fingerprint density at radius 1 is 0.745 bits per heavy atom. The number of rotatable bonds is 5. The zero-order chi connectivity index (χ0) is 34.3. The lowest BCUT2D eigenvalue weighted by Crippen LogP contribution is -2.57. The van der Waals surface area contributed by atoms with E-state index in [9.17, 15) is 24.0 Å². The largest absolute Gasteiger partial charge is 0.496 e. The monoisotopic (exact) mass is 652 g/mol. The number of hydrogen-bond donors (Lipinski definition) is 0. The molecule has 7 rings (SSSR count). The van der Waals surface area contributed by atoms with Crippen molar-refractivity contribution in [1.82, 2.24) is 0 Å². The molecule has 6 atom stereocenters. The van der Waals surface area contributed by atoms with Gasteiger partial charge in [-0.2, -0.15) is 0 Å². The topological polar surface area (TPSA) is 154 Å². The van der Waals surface area contributed by atoms with Crippen LogP contribution in [0.25, 0.3) is 11.0 Å². The van der Waals surface area contributed by atoms with Gasteiger partial charge in [0, 0.05) is 10.8 Å². The molecule has 4 bridgehead atoms. The second-order valence-electron chi connectivity index (χ2n) is 15.7. The molecular formula is C35H40O12. The summed E-state index contributed by atoms with van der Waals surface area (Å²) >= 11 is 0. The first-order chi connectivity index (χ1) is 21.7. The first-order valence-corrected chi connectivity index (χ1v) is 16.0. The van der Waals surface area contributed by atoms with Gasteiger partial charge in [-0.15, -0.1) is 0 Å². The molecule has 2 aliphatic carbocycles. The highest BCUT2D eigenvalue weighted by Crippen LogP contribution is 2.67. The molecular weight excluding hydrogens is 612 g/mol. The van der Waals surface area contributed by atoms with Crippen molar-refractivity contribution < 1.29 is 52.0 Å². The Balaban J connectivity index is 1.38. The van der Waals surface area contributed by atoms with Crippen molar-refractivity contribution in [3.63, 3.8) is 0 Å². The molecule has 2 saturated carbocycles. The molecule has 1 aromatic heterocycles. The average molecular weight is 653 g/mol. The lowest BCUT2D eigenvalue weighted by Gasteiger charge is -2.45. The van der Waals surface area contributed by atoms with Crippen LogP contribution in [0.2, 0.25) is 0 Å². The quantitative estimate of drug-likeness (QED) is 0.250. The summed E-state index contributed by atoms with van der Waals surface area (Å²) in [5.41, 5.74) is -8.78. The first-order valence-electron chi connectivity index (χ1n) is 16.0. The smallest absolute Gasteiger partial charge is 0.351 e.